The molecule has 0 saturated carbocycles. The van der Waals surface area contributed by atoms with E-state index in [1.165, 1.54) is 0 Å². The molecule has 0 fully saturated rings. The highest BCUT2D eigenvalue weighted by Crippen LogP contribution is 2.28. The lowest BCUT2D eigenvalue weighted by molar-refractivity contribution is -0.133. The van der Waals surface area contributed by atoms with Crippen LogP contribution in [-0.2, 0) is 22.7 Å². The molecule has 0 aliphatic heterocycles. The molecule has 0 saturated heterocycles. The van der Waals surface area contributed by atoms with E-state index in [2.05, 4.69) is 10.6 Å². The highest BCUT2D eigenvalue weighted by molar-refractivity contribution is 5.89. The second kappa shape index (κ2) is 9.96. The minimum atomic E-state index is -0.614. The molecule has 0 aliphatic rings. The van der Waals surface area contributed by atoms with E-state index in [4.69, 9.17) is 9.47 Å². The predicted molar refractivity (Wildman–Crippen MR) is 113 cm³/mol. The zero-order valence-electron chi connectivity index (χ0n) is 17.7. The molecule has 1 atom stereocenters. The van der Waals surface area contributed by atoms with Crippen molar-refractivity contribution >= 4 is 11.8 Å². The van der Waals surface area contributed by atoms with Crippen LogP contribution in [-0.4, -0.2) is 25.0 Å². The van der Waals surface area contributed by atoms with Crippen LogP contribution >= 0.6 is 0 Å². The predicted octanol–water partition coefficient (Wildman–Crippen LogP) is 3.44. The molecule has 0 unspecified atom stereocenters. The van der Waals surface area contributed by atoms with Gasteiger partial charge in [0.1, 0.15) is 12.6 Å². The Hall–Kier alpha value is -3.02. The molecule has 2 amide bonds. The van der Waals surface area contributed by atoms with Gasteiger partial charge < -0.3 is 20.1 Å². The Morgan fingerprint density at radius 1 is 1.00 bits per heavy atom. The Bertz CT molecular complexity index is 829. The van der Waals surface area contributed by atoms with Crippen molar-refractivity contribution in [3.63, 3.8) is 0 Å². The second-order valence-electron chi connectivity index (χ2n) is 7.92. The number of carbonyl (C=O) groups is 2. The zero-order chi connectivity index (χ0) is 21.4. The maximum Gasteiger partial charge on any atom is 0.242 e. The van der Waals surface area contributed by atoms with Gasteiger partial charge >= 0.3 is 0 Å². The van der Waals surface area contributed by atoms with Gasteiger partial charge in [0.15, 0.2) is 11.5 Å². The molecule has 0 radical (unpaired) electrons. The van der Waals surface area contributed by atoms with Gasteiger partial charge in [-0.3, -0.25) is 9.59 Å². The van der Waals surface area contributed by atoms with E-state index in [1.54, 1.807) is 34.8 Å². The Morgan fingerprint density at radius 2 is 1.69 bits per heavy atom. The first-order valence-electron chi connectivity index (χ1n) is 9.63. The summed E-state index contributed by atoms with van der Waals surface area (Å²) in [7, 11) is 1.58. The number of hydrogen-bond acceptors (Lipinski definition) is 4. The Balaban J connectivity index is 1.92. The molecule has 2 N–H and O–H groups in total. The summed E-state index contributed by atoms with van der Waals surface area (Å²) in [6.45, 7) is 7.85. The number of methoxy groups -OCH3 is 1. The molecule has 6 nitrogen and oxygen atoms in total. The molecule has 0 heterocycles. The van der Waals surface area contributed by atoms with Crippen LogP contribution in [0.4, 0.5) is 0 Å². The molecule has 6 heteroatoms. The van der Waals surface area contributed by atoms with E-state index in [-0.39, 0.29) is 11.8 Å². The van der Waals surface area contributed by atoms with Crippen LogP contribution in [0.1, 0.15) is 38.8 Å². The molecule has 2 aromatic rings. The summed E-state index contributed by atoms with van der Waals surface area (Å²) in [5, 5.41) is 5.56. The van der Waals surface area contributed by atoms with Gasteiger partial charge in [0.25, 0.3) is 0 Å². The lowest BCUT2D eigenvalue weighted by atomic mass is 9.95. The molecule has 0 aromatic heterocycles. The summed E-state index contributed by atoms with van der Waals surface area (Å²) < 4.78 is 11.3. The normalized spacial score (nSPS) is 12.0. The van der Waals surface area contributed by atoms with Crippen molar-refractivity contribution in [1.82, 2.24) is 10.6 Å². The fourth-order valence-corrected chi connectivity index (χ4v) is 2.50. The Kier molecular flexibility index (Phi) is 7.65. The smallest absolute Gasteiger partial charge is 0.242 e. The first kappa shape index (κ1) is 22.3. The summed E-state index contributed by atoms with van der Waals surface area (Å²) in [6, 6.07) is 14.8. The largest absolute Gasteiger partial charge is 0.493 e. The number of nitrogens with one attached hydrogen (secondary N) is 2. The number of amides is 2. The van der Waals surface area contributed by atoms with Crippen molar-refractivity contribution < 1.29 is 19.1 Å². The fourth-order valence-electron chi connectivity index (χ4n) is 2.50. The van der Waals surface area contributed by atoms with Crippen LogP contribution in [0, 0.1) is 5.41 Å². The summed E-state index contributed by atoms with van der Waals surface area (Å²) in [6.07, 6.45) is 0. The van der Waals surface area contributed by atoms with Gasteiger partial charge in [-0.25, -0.2) is 0 Å². The number of rotatable bonds is 8. The first-order valence-corrected chi connectivity index (χ1v) is 9.63. The fraction of sp³-hybridized carbons (Fsp3) is 0.391. The van der Waals surface area contributed by atoms with Crippen LogP contribution < -0.4 is 20.1 Å². The Morgan fingerprint density at radius 3 is 2.31 bits per heavy atom. The molecule has 2 rings (SSSR count). The Labute approximate surface area is 172 Å². The summed E-state index contributed by atoms with van der Waals surface area (Å²) in [5.41, 5.74) is 1.39. The maximum absolute atomic E-state index is 12.3. The van der Waals surface area contributed by atoms with Gasteiger partial charge in [0.05, 0.1) is 7.11 Å². The maximum atomic E-state index is 12.3. The number of hydrogen-bond donors (Lipinski definition) is 2. The third-order valence-electron chi connectivity index (χ3n) is 4.35. The van der Waals surface area contributed by atoms with Crippen molar-refractivity contribution in [3.8, 4) is 11.5 Å². The minimum absolute atomic E-state index is 0.165. The SMILES string of the molecule is COc1cc(CNC(=O)[C@@H](C)NC(=O)C(C)(C)C)ccc1OCc1ccccc1. The van der Waals surface area contributed by atoms with Crippen LogP contribution in [0.25, 0.3) is 0 Å². The highest BCUT2D eigenvalue weighted by Gasteiger charge is 2.24. The van der Waals surface area contributed by atoms with Crippen molar-refractivity contribution in [1.29, 1.82) is 0 Å². The average Bonchev–Trinajstić information content (AvgIpc) is 2.70. The molecule has 0 spiro atoms. The summed E-state index contributed by atoms with van der Waals surface area (Å²) >= 11 is 0. The van der Waals surface area contributed by atoms with Crippen molar-refractivity contribution in [3.05, 3.63) is 59.7 Å². The molecule has 0 aliphatic carbocycles. The number of ether oxygens (including phenoxy) is 2. The lowest BCUT2D eigenvalue weighted by Gasteiger charge is -2.21. The molecular weight excluding hydrogens is 368 g/mol. The third kappa shape index (κ3) is 6.82. The van der Waals surface area contributed by atoms with Gasteiger partial charge in [0.2, 0.25) is 11.8 Å². The van der Waals surface area contributed by atoms with Crippen molar-refractivity contribution in [2.75, 3.05) is 7.11 Å². The summed E-state index contributed by atoms with van der Waals surface area (Å²) in [4.78, 5) is 24.3. The van der Waals surface area contributed by atoms with Crippen molar-refractivity contribution in [2.45, 2.75) is 46.9 Å². The molecule has 29 heavy (non-hydrogen) atoms. The van der Waals surface area contributed by atoms with Gasteiger partial charge in [-0.1, -0.05) is 57.2 Å². The van der Waals surface area contributed by atoms with Crippen LogP contribution in [0.5, 0.6) is 11.5 Å². The van der Waals surface area contributed by atoms with E-state index in [0.717, 1.165) is 11.1 Å². The summed E-state index contributed by atoms with van der Waals surface area (Å²) in [5.74, 6) is 0.826. The lowest BCUT2D eigenvalue weighted by Crippen LogP contribution is -2.48. The molecule has 0 bridgehead atoms. The first-order chi connectivity index (χ1) is 13.7. The zero-order valence-corrected chi connectivity index (χ0v) is 17.7. The number of benzene rings is 2. The minimum Gasteiger partial charge on any atom is -0.493 e. The number of carbonyl (C=O) groups excluding carboxylic acids is 2. The topological polar surface area (TPSA) is 76.7 Å². The van der Waals surface area contributed by atoms with Crippen LogP contribution in [0.2, 0.25) is 0 Å². The standard InChI is InChI=1S/C23H30N2O4/c1-16(25-22(27)23(2,3)4)21(26)24-14-18-11-12-19(20(13-18)28-5)29-15-17-9-7-6-8-10-17/h6-13,16H,14-15H2,1-5H3,(H,24,26)(H,25,27)/t16-/m1/s1. The van der Waals surface area contributed by atoms with E-state index < -0.39 is 11.5 Å². The van der Waals surface area contributed by atoms with E-state index in [0.29, 0.717) is 24.7 Å². The van der Waals surface area contributed by atoms with E-state index >= 15 is 0 Å². The average molecular weight is 399 g/mol. The van der Waals surface area contributed by atoms with E-state index in [9.17, 15) is 9.59 Å². The molecule has 156 valence electrons. The highest BCUT2D eigenvalue weighted by atomic mass is 16.5. The second-order valence-corrected chi connectivity index (χ2v) is 7.92. The van der Waals surface area contributed by atoms with Crippen LogP contribution in [0.3, 0.4) is 0 Å². The van der Waals surface area contributed by atoms with Gasteiger partial charge in [-0.2, -0.15) is 0 Å². The quantitative estimate of drug-likeness (QED) is 0.714. The third-order valence-corrected chi connectivity index (χ3v) is 4.35. The van der Waals surface area contributed by atoms with Gasteiger partial charge in [0, 0.05) is 12.0 Å². The molecule has 2 aromatic carbocycles. The monoisotopic (exact) mass is 398 g/mol. The van der Waals surface area contributed by atoms with Crippen LogP contribution in [0.15, 0.2) is 48.5 Å². The van der Waals surface area contributed by atoms with Gasteiger partial charge in [-0.05, 0) is 30.2 Å². The van der Waals surface area contributed by atoms with E-state index in [1.807, 2.05) is 48.5 Å². The molecular formula is C23H30N2O4. The van der Waals surface area contributed by atoms with Gasteiger partial charge in [-0.15, -0.1) is 0 Å². The van der Waals surface area contributed by atoms with Crippen molar-refractivity contribution in [2.24, 2.45) is 5.41 Å².